The molecule has 0 spiro atoms. The quantitative estimate of drug-likeness (QED) is 0.120. The van der Waals surface area contributed by atoms with E-state index in [9.17, 15) is 4.79 Å². The molecule has 1 saturated carbocycles. The number of rotatable bonds is 13. The van der Waals surface area contributed by atoms with Gasteiger partial charge in [0, 0.05) is 30.3 Å². The molecule has 292 valence electrons. The summed E-state index contributed by atoms with van der Waals surface area (Å²) in [5, 5.41) is 15.5. The van der Waals surface area contributed by atoms with Crippen LogP contribution in [0.2, 0.25) is 0 Å². The molecule has 3 heterocycles. The van der Waals surface area contributed by atoms with E-state index in [2.05, 4.69) is 20.7 Å². The average molecular weight is 775 g/mol. The Bertz CT molecular complexity index is 2270. The molecule has 7 rings (SSSR count). The lowest BCUT2D eigenvalue weighted by Crippen LogP contribution is -2.36. The minimum absolute atomic E-state index is 0.0199. The predicted octanol–water partition coefficient (Wildman–Crippen LogP) is 7.67. The first-order valence-electron chi connectivity index (χ1n) is 18.0. The van der Waals surface area contributed by atoms with Crippen LogP contribution in [0.1, 0.15) is 75.2 Å². The number of nitrogens with one attached hydrogen (secondary N) is 2. The van der Waals surface area contributed by atoms with Gasteiger partial charge in [-0.15, -0.1) is 0 Å². The number of likely N-dealkylation sites (tertiary alicyclic amines) is 1. The second-order valence-corrected chi connectivity index (χ2v) is 16.4. The Hall–Kier alpha value is -5.64. The van der Waals surface area contributed by atoms with Crippen molar-refractivity contribution in [2.75, 3.05) is 44.6 Å². The Morgan fingerprint density at radius 2 is 1.64 bits per heavy atom. The number of carbonyl (C=O) groups is 1. The van der Waals surface area contributed by atoms with E-state index in [-0.39, 0.29) is 34.8 Å². The molecular formula is C39H46N6O9S. The van der Waals surface area contributed by atoms with Gasteiger partial charge in [0.15, 0.2) is 22.1 Å². The zero-order valence-electron chi connectivity index (χ0n) is 32.0. The third-order valence-corrected chi connectivity index (χ3v) is 11.5. The normalized spacial score (nSPS) is 15.9. The molecule has 0 unspecified atom stereocenters. The van der Waals surface area contributed by atoms with Crippen LogP contribution in [0.5, 0.6) is 23.0 Å². The summed E-state index contributed by atoms with van der Waals surface area (Å²) < 4.78 is 65.7. The number of ether oxygens (including phenoxy) is 5. The molecule has 0 radical (unpaired) electrons. The zero-order valence-corrected chi connectivity index (χ0v) is 32.8. The maximum absolute atomic E-state index is 15.2. The third-order valence-electron chi connectivity index (χ3n) is 9.67. The highest BCUT2D eigenvalue weighted by Gasteiger charge is 2.39. The summed E-state index contributed by atoms with van der Waals surface area (Å²) in [6.45, 7) is 5.79. The first kappa shape index (κ1) is 37.7. The molecule has 55 heavy (non-hydrogen) atoms. The van der Waals surface area contributed by atoms with Crippen LogP contribution >= 0.6 is 0 Å². The Balaban J connectivity index is 1.31. The number of amides is 1. The Labute approximate surface area is 319 Å². The van der Waals surface area contributed by atoms with Gasteiger partial charge in [0.25, 0.3) is 10.0 Å². The molecule has 5 aromatic rings. The minimum Gasteiger partial charge on any atom is -0.497 e. The van der Waals surface area contributed by atoms with Crippen molar-refractivity contribution in [3.05, 3.63) is 71.4 Å². The average Bonchev–Trinajstić information content (AvgIpc) is 3.51. The molecule has 1 aliphatic heterocycles. The predicted molar refractivity (Wildman–Crippen MR) is 205 cm³/mol. The fourth-order valence-corrected chi connectivity index (χ4v) is 8.51. The van der Waals surface area contributed by atoms with Crippen LogP contribution in [-0.2, 0) is 21.3 Å². The zero-order chi connectivity index (χ0) is 39.1. The van der Waals surface area contributed by atoms with Crippen LogP contribution in [-0.4, -0.2) is 75.3 Å². The van der Waals surface area contributed by atoms with E-state index in [1.54, 1.807) is 60.5 Å². The molecule has 15 nitrogen and oxygen atoms in total. The van der Waals surface area contributed by atoms with Crippen LogP contribution in [0.15, 0.2) is 64.0 Å². The lowest BCUT2D eigenvalue weighted by molar-refractivity contribution is 0.0224. The van der Waals surface area contributed by atoms with Gasteiger partial charge in [0.2, 0.25) is 0 Å². The van der Waals surface area contributed by atoms with Crippen molar-refractivity contribution in [2.45, 2.75) is 75.5 Å². The van der Waals surface area contributed by atoms with Crippen molar-refractivity contribution in [1.82, 2.24) is 20.3 Å². The molecular weight excluding hydrogens is 729 g/mol. The third kappa shape index (κ3) is 7.68. The van der Waals surface area contributed by atoms with Gasteiger partial charge in [-0.1, -0.05) is 17.3 Å². The summed E-state index contributed by atoms with van der Waals surface area (Å²) in [4.78, 5) is 14.6. The van der Waals surface area contributed by atoms with E-state index >= 15 is 8.42 Å². The van der Waals surface area contributed by atoms with Crippen molar-refractivity contribution in [2.24, 2.45) is 0 Å². The lowest BCUT2D eigenvalue weighted by atomic mass is 10.0. The topological polar surface area (TPSA) is 171 Å². The number of sulfonamides is 1. The van der Waals surface area contributed by atoms with Gasteiger partial charge < -0.3 is 38.4 Å². The number of hydrogen-bond acceptors (Lipinski definition) is 12. The molecule has 1 saturated heterocycles. The van der Waals surface area contributed by atoms with E-state index in [0.717, 1.165) is 29.3 Å². The van der Waals surface area contributed by atoms with E-state index in [1.807, 2.05) is 26.8 Å². The summed E-state index contributed by atoms with van der Waals surface area (Å²) >= 11 is 0. The highest BCUT2D eigenvalue weighted by atomic mass is 32.2. The fourth-order valence-electron chi connectivity index (χ4n) is 6.82. The summed E-state index contributed by atoms with van der Waals surface area (Å²) in [6, 6.07) is 15.3. The van der Waals surface area contributed by atoms with Crippen molar-refractivity contribution in [3.63, 3.8) is 0 Å². The van der Waals surface area contributed by atoms with Gasteiger partial charge in [-0.3, -0.25) is 5.10 Å². The largest absolute Gasteiger partial charge is 0.497 e. The first-order chi connectivity index (χ1) is 26.3. The maximum Gasteiger partial charge on any atom is 0.410 e. The van der Waals surface area contributed by atoms with E-state index in [0.29, 0.717) is 64.0 Å². The van der Waals surface area contributed by atoms with Gasteiger partial charge in [0.05, 0.1) is 52.1 Å². The number of aromatic nitrogens is 3. The molecule has 1 amide bonds. The number of hydrogen-bond donors (Lipinski definition) is 2. The van der Waals surface area contributed by atoms with Gasteiger partial charge in [-0.2, -0.15) is 5.10 Å². The number of nitrogens with zero attached hydrogens (tertiary/aromatic N) is 4. The number of benzene rings is 3. The first-order valence-corrected chi connectivity index (χ1v) is 19.5. The van der Waals surface area contributed by atoms with Crippen LogP contribution in [0.4, 0.5) is 22.1 Å². The van der Waals surface area contributed by atoms with Crippen molar-refractivity contribution in [1.29, 1.82) is 0 Å². The maximum atomic E-state index is 15.2. The van der Waals surface area contributed by atoms with Gasteiger partial charge in [0.1, 0.15) is 28.6 Å². The van der Waals surface area contributed by atoms with E-state index in [1.165, 1.54) is 21.3 Å². The summed E-state index contributed by atoms with van der Waals surface area (Å²) in [5.41, 5.74) is 2.54. The molecule has 16 heteroatoms. The van der Waals surface area contributed by atoms with E-state index < -0.39 is 21.7 Å². The van der Waals surface area contributed by atoms with Crippen molar-refractivity contribution in [3.8, 4) is 23.0 Å². The second kappa shape index (κ2) is 14.9. The molecule has 2 fully saturated rings. The summed E-state index contributed by atoms with van der Waals surface area (Å²) in [5.74, 6) is 2.22. The SMILES string of the molecule is COc1ccc(CN(c2noc3cc(Nc4cc(C5CC5)[nH]n4)c(OC)cc23)S(=O)(=O)c2c(OC)cc([C@H]3CCCN3C(=O)OC(C)(C)C)cc2OC)cc1. The summed E-state index contributed by atoms with van der Waals surface area (Å²) in [6.07, 6.45) is 3.19. The molecule has 2 aliphatic rings. The number of anilines is 3. The van der Waals surface area contributed by atoms with Crippen LogP contribution in [0.25, 0.3) is 11.0 Å². The molecule has 2 N–H and O–H groups in total. The van der Waals surface area contributed by atoms with Gasteiger partial charge >= 0.3 is 6.09 Å². The Morgan fingerprint density at radius 1 is 0.945 bits per heavy atom. The second-order valence-electron chi connectivity index (χ2n) is 14.6. The Morgan fingerprint density at radius 3 is 2.25 bits per heavy atom. The van der Waals surface area contributed by atoms with Crippen LogP contribution in [0, 0.1) is 0 Å². The number of H-pyrrole nitrogens is 1. The molecule has 1 aliphatic carbocycles. The molecule has 2 aromatic heterocycles. The fraction of sp³-hybridized carbons (Fsp3) is 0.410. The van der Waals surface area contributed by atoms with Crippen LogP contribution in [0.3, 0.4) is 0 Å². The smallest absolute Gasteiger partial charge is 0.410 e. The Kier molecular flexibility index (Phi) is 10.2. The monoisotopic (exact) mass is 774 g/mol. The van der Waals surface area contributed by atoms with Crippen molar-refractivity contribution < 1.29 is 41.4 Å². The highest BCUT2D eigenvalue weighted by Crippen LogP contribution is 2.45. The van der Waals surface area contributed by atoms with Crippen molar-refractivity contribution >= 4 is 44.4 Å². The number of carbonyl (C=O) groups excluding carboxylic acids is 1. The standard InChI is InChI=1S/C39H46N6O9S/c1-39(2,3)53-38(46)44-16-8-9-30(44)25-17-33(51-6)36(34(18-25)52-7)55(47,48)45(22-23-10-14-26(49-4)15-11-23)37-27-19-32(50-5)29(20-31(27)54-43-37)40-35-21-28(41-42-35)24-12-13-24/h10-11,14-15,17-21,24,30H,8-9,12-13,16,22H2,1-7H3,(H2,40,41,42)/t30-/m1/s1. The van der Waals surface area contributed by atoms with Gasteiger partial charge in [-0.05, 0) is 87.9 Å². The number of fused-ring (bicyclic) bond motifs is 1. The number of methoxy groups -OCH3 is 4. The molecule has 1 atom stereocenters. The van der Waals surface area contributed by atoms with E-state index in [4.69, 9.17) is 28.2 Å². The lowest BCUT2D eigenvalue weighted by Gasteiger charge is -2.30. The van der Waals surface area contributed by atoms with Crippen LogP contribution < -0.4 is 28.6 Å². The number of aromatic amines is 1. The summed E-state index contributed by atoms with van der Waals surface area (Å²) in [7, 11) is 1.33. The molecule has 3 aromatic carbocycles. The van der Waals surface area contributed by atoms with Gasteiger partial charge in [-0.25, -0.2) is 17.5 Å². The highest BCUT2D eigenvalue weighted by molar-refractivity contribution is 7.93. The molecule has 0 bridgehead atoms. The minimum atomic E-state index is -4.53.